The Balaban J connectivity index is 1.55. The van der Waals surface area contributed by atoms with E-state index >= 15 is 0 Å². The van der Waals surface area contributed by atoms with Gasteiger partial charge in [-0.2, -0.15) is 0 Å². The van der Waals surface area contributed by atoms with Crippen LogP contribution >= 0.6 is 0 Å². The van der Waals surface area contributed by atoms with Crippen LogP contribution < -0.4 is 5.32 Å². The van der Waals surface area contributed by atoms with Gasteiger partial charge in [0.25, 0.3) is 0 Å². The second-order valence-corrected chi connectivity index (χ2v) is 6.85. The van der Waals surface area contributed by atoms with E-state index in [4.69, 9.17) is 0 Å². The van der Waals surface area contributed by atoms with Crippen LogP contribution in [0.1, 0.15) is 63.3 Å². The lowest BCUT2D eigenvalue weighted by atomic mass is 9.91. The first-order chi connectivity index (χ1) is 10.3. The van der Waals surface area contributed by atoms with Crippen molar-refractivity contribution in [2.75, 3.05) is 6.61 Å². The van der Waals surface area contributed by atoms with Gasteiger partial charge in [0.05, 0.1) is 18.6 Å². The Kier molecular flexibility index (Phi) is 4.65. The van der Waals surface area contributed by atoms with E-state index in [0.717, 1.165) is 32.2 Å². The highest BCUT2D eigenvalue weighted by atomic mass is 16.3. The highest BCUT2D eigenvalue weighted by molar-refractivity contribution is 5.16. The highest BCUT2D eigenvalue weighted by Crippen LogP contribution is 2.27. The summed E-state index contributed by atoms with van der Waals surface area (Å²) >= 11 is 0. The predicted molar refractivity (Wildman–Crippen MR) is 84.4 cm³/mol. The first-order valence-corrected chi connectivity index (χ1v) is 8.68. The average molecular weight is 291 g/mol. The number of imidazole rings is 1. The molecule has 2 aliphatic rings. The quantitative estimate of drug-likeness (QED) is 0.773. The molecule has 1 saturated carbocycles. The number of hydrogen-bond donors (Lipinski definition) is 2. The van der Waals surface area contributed by atoms with Gasteiger partial charge in [-0.3, -0.25) is 0 Å². The Morgan fingerprint density at radius 3 is 2.90 bits per heavy atom. The largest absolute Gasteiger partial charge is 0.394 e. The molecule has 4 heteroatoms. The lowest BCUT2D eigenvalue weighted by molar-refractivity contribution is 0.141. The van der Waals surface area contributed by atoms with Gasteiger partial charge in [0.2, 0.25) is 0 Å². The van der Waals surface area contributed by atoms with E-state index in [1.54, 1.807) is 0 Å². The van der Waals surface area contributed by atoms with Crippen molar-refractivity contribution in [3.63, 3.8) is 0 Å². The van der Waals surface area contributed by atoms with Crippen molar-refractivity contribution in [1.29, 1.82) is 0 Å². The molecule has 0 saturated heterocycles. The number of aromatic nitrogens is 2. The van der Waals surface area contributed by atoms with Gasteiger partial charge >= 0.3 is 0 Å². The van der Waals surface area contributed by atoms with E-state index in [0.29, 0.717) is 6.04 Å². The van der Waals surface area contributed by atoms with Crippen LogP contribution in [0.2, 0.25) is 0 Å². The molecule has 0 aromatic carbocycles. The lowest BCUT2D eigenvalue weighted by Crippen LogP contribution is -2.49. The summed E-state index contributed by atoms with van der Waals surface area (Å²) in [6.07, 6.45) is 12.7. The molecule has 1 aromatic rings. The third-order valence-electron chi connectivity index (χ3n) is 5.23. The van der Waals surface area contributed by atoms with Gasteiger partial charge < -0.3 is 15.0 Å². The molecular weight excluding hydrogens is 262 g/mol. The van der Waals surface area contributed by atoms with E-state index in [9.17, 15) is 5.11 Å². The molecular formula is C17H29N3O. The third kappa shape index (κ3) is 3.49. The van der Waals surface area contributed by atoms with Crippen LogP contribution in [0.3, 0.4) is 0 Å². The monoisotopic (exact) mass is 291 g/mol. The zero-order chi connectivity index (χ0) is 14.7. The minimum atomic E-state index is -0.0676. The second-order valence-electron chi connectivity index (χ2n) is 6.85. The Bertz CT molecular complexity index is 461. The normalized spacial score (nSPS) is 21.0. The number of nitrogens with one attached hydrogen (secondary N) is 1. The molecule has 1 atom stereocenters. The molecule has 0 spiro atoms. The Morgan fingerprint density at radius 2 is 2.19 bits per heavy atom. The summed E-state index contributed by atoms with van der Waals surface area (Å²) in [6, 6.07) is 0.651. The van der Waals surface area contributed by atoms with E-state index in [1.165, 1.54) is 43.5 Å². The van der Waals surface area contributed by atoms with Crippen LogP contribution in [0.4, 0.5) is 0 Å². The number of aryl methyl sites for hydroxylation is 2. The molecule has 1 fully saturated rings. The summed E-state index contributed by atoms with van der Waals surface area (Å²) < 4.78 is 2.35. The Hall–Kier alpha value is -0.870. The SMILES string of the molecule is CCC(CO)(CCCn1cnc2c1CCCC2)NC1CC1. The lowest BCUT2D eigenvalue weighted by Gasteiger charge is -2.32. The second kappa shape index (κ2) is 6.49. The van der Waals surface area contributed by atoms with Crippen molar-refractivity contribution in [1.82, 2.24) is 14.9 Å². The fraction of sp³-hybridized carbons (Fsp3) is 0.824. The molecule has 0 amide bonds. The molecule has 1 heterocycles. The molecule has 21 heavy (non-hydrogen) atoms. The molecule has 2 N–H and O–H groups in total. The average Bonchev–Trinajstić information content (AvgIpc) is 3.25. The molecule has 3 rings (SSSR count). The molecule has 2 aliphatic carbocycles. The summed E-state index contributed by atoms with van der Waals surface area (Å²) in [5.41, 5.74) is 2.71. The molecule has 0 bridgehead atoms. The van der Waals surface area contributed by atoms with Gasteiger partial charge in [0.1, 0.15) is 0 Å². The number of fused-ring (bicyclic) bond motifs is 1. The van der Waals surface area contributed by atoms with Crippen LogP contribution in [0.5, 0.6) is 0 Å². The molecule has 1 unspecified atom stereocenters. The number of hydrogen-bond acceptors (Lipinski definition) is 3. The van der Waals surface area contributed by atoms with E-state index in [1.807, 2.05) is 6.33 Å². The fourth-order valence-corrected chi connectivity index (χ4v) is 3.56. The van der Waals surface area contributed by atoms with E-state index in [-0.39, 0.29) is 12.1 Å². The fourth-order valence-electron chi connectivity index (χ4n) is 3.56. The van der Waals surface area contributed by atoms with E-state index < -0.39 is 0 Å². The highest BCUT2D eigenvalue weighted by Gasteiger charge is 2.33. The van der Waals surface area contributed by atoms with Gasteiger partial charge in [-0.1, -0.05) is 6.92 Å². The van der Waals surface area contributed by atoms with Crippen LogP contribution in [-0.4, -0.2) is 32.8 Å². The summed E-state index contributed by atoms with van der Waals surface area (Å²) in [4.78, 5) is 4.57. The van der Waals surface area contributed by atoms with Crippen LogP contribution in [0.15, 0.2) is 6.33 Å². The molecule has 0 aliphatic heterocycles. The standard InChI is InChI=1S/C17H29N3O/c1-2-17(12-21,19-14-8-9-14)10-5-11-20-13-18-15-6-3-4-7-16(15)20/h13-14,19,21H,2-12H2,1H3. The van der Waals surface area contributed by atoms with Gasteiger partial charge in [0, 0.05) is 23.8 Å². The summed E-state index contributed by atoms with van der Waals surface area (Å²) in [5.74, 6) is 0. The maximum atomic E-state index is 9.82. The molecule has 1 aromatic heterocycles. The van der Waals surface area contributed by atoms with Crippen molar-refractivity contribution >= 4 is 0 Å². The van der Waals surface area contributed by atoms with Crippen molar-refractivity contribution in [3.05, 3.63) is 17.7 Å². The van der Waals surface area contributed by atoms with Gasteiger partial charge in [-0.05, 0) is 57.8 Å². The Morgan fingerprint density at radius 1 is 1.38 bits per heavy atom. The van der Waals surface area contributed by atoms with Crippen molar-refractivity contribution in [2.45, 2.75) is 82.8 Å². The molecule has 0 radical (unpaired) electrons. The third-order valence-corrected chi connectivity index (χ3v) is 5.23. The minimum Gasteiger partial charge on any atom is -0.394 e. The first-order valence-electron chi connectivity index (χ1n) is 8.68. The predicted octanol–water partition coefficient (Wildman–Crippen LogP) is 2.44. The van der Waals surface area contributed by atoms with Gasteiger partial charge in [-0.25, -0.2) is 4.98 Å². The van der Waals surface area contributed by atoms with Crippen LogP contribution in [0.25, 0.3) is 0 Å². The van der Waals surface area contributed by atoms with Crippen molar-refractivity contribution in [2.24, 2.45) is 0 Å². The summed E-state index contributed by atoms with van der Waals surface area (Å²) in [5, 5.41) is 13.5. The first kappa shape index (κ1) is 15.0. The Labute approximate surface area is 128 Å². The maximum Gasteiger partial charge on any atom is 0.0951 e. The van der Waals surface area contributed by atoms with Gasteiger partial charge in [-0.15, -0.1) is 0 Å². The smallest absolute Gasteiger partial charge is 0.0951 e. The number of nitrogens with zero attached hydrogens (tertiary/aromatic N) is 2. The number of aliphatic hydroxyl groups excluding tert-OH is 1. The van der Waals surface area contributed by atoms with Crippen molar-refractivity contribution in [3.8, 4) is 0 Å². The zero-order valence-corrected chi connectivity index (χ0v) is 13.3. The topological polar surface area (TPSA) is 50.1 Å². The van der Waals surface area contributed by atoms with Crippen LogP contribution in [0, 0.1) is 0 Å². The summed E-state index contributed by atoms with van der Waals surface area (Å²) in [7, 11) is 0. The molecule has 4 nitrogen and oxygen atoms in total. The molecule has 118 valence electrons. The summed E-state index contributed by atoms with van der Waals surface area (Å²) in [6.45, 7) is 3.48. The van der Waals surface area contributed by atoms with E-state index in [2.05, 4.69) is 21.8 Å². The van der Waals surface area contributed by atoms with Crippen molar-refractivity contribution < 1.29 is 5.11 Å². The number of rotatable bonds is 8. The zero-order valence-electron chi connectivity index (χ0n) is 13.3. The van der Waals surface area contributed by atoms with Crippen LogP contribution in [-0.2, 0) is 19.4 Å². The minimum absolute atomic E-state index is 0.0676. The maximum absolute atomic E-state index is 9.82. The number of aliphatic hydroxyl groups is 1. The van der Waals surface area contributed by atoms with Gasteiger partial charge in [0.15, 0.2) is 0 Å².